The Bertz CT molecular complexity index is 1590. The molecule has 1 N–H and O–H groups in total. The van der Waals surface area contributed by atoms with Gasteiger partial charge in [-0.25, -0.2) is 8.42 Å². The number of hydrogen-bond donors (Lipinski definition) is 1. The number of aryl methyl sites for hydroxylation is 1. The van der Waals surface area contributed by atoms with Gasteiger partial charge in [0.05, 0.1) is 11.9 Å². The van der Waals surface area contributed by atoms with Crippen LogP contribution in [0.25, 0.3) is 0 Å². The van der Waals surface area contributed by atoms with E-state index in [1.165, 1.54) is 10.7 Å². The zero-order chi connectivity index (χ0) is 32.5. The van der Waals surface area contributed by atoms with Gasteiger partial charge in [0.25, 0.3) is 0 Å². The first-order valence-corrected chi connectivity index (χ1v) is 18.1. The van der Waals surface area contributed by atoms with Crippen molar-refractivity contribution in [2.24, 2.45) is 0 Å². The molecule has 1 atom stereocenters. The molecule has 246 valence electrons. The minimum atomic E-state index is -3.65. The van der Waals surface area contributed by atoms with Crippen molar-refractivity contribution < 1.29 is 27.5 Å². The number of anilines is 1. The molecule has 3 aromatic rings. The van der Waals surface area contributed by atoms with Crippen molar-refractivity contribution in [3.05, 3.63) is 89.5 Å². The topological polar surface area (TPSA) is 105 Å². The number of carbonyl (C=O) groups is 2. The van der Waals surface area contributed by atoms with Crippen molar-refractivity contribution in [1.29, 1.82) is 0 Å². The van der Waals surface area contributed by atoms with Gasteiger partial charge in [-0.2, -0.15) is 0 Å². The summed E-state index contributed by atoms with van der Waals surface area (Å²) in [6.45, 7) is 3.20. The molecule has 1 heterocycles. The van der Waals surface area contributed by atoms with Gasteiger partial charge in [-0.3, -0.25) is 13.9 Å². The molecule has 1 aliphatic carbocycles. The van der Waals surface area contributed by atoms with Gasteiger partial charge in [0, 0.05) is 38.0 Å². The van der Waals surface area contributed by atoms with Crippen molar-refractivity contribution in [1.82, 2.24) is 10.2 Å². The summed E-state index contributed by atoms with van der Waals surface area (Å²) >= 11 is 0. The highest BCUT2D eigenvalue weighted by atomic mass is 32.2. The molecule has 0 spiro atoms. The van der Waals surface area contributed by atoms with Crippen LogP contribution in [0.15, 0.2) is 72.8 Å². The van der Waals surface area contributed by atoms with Crippen LogP contribution in [0.2, 0.25) is 0 Å². The first-order chi connectivity index (χ1) is 22.2. The number of sulfonamides is 1. The summed E-state index contributed by atoms with van der Waals surface area (Å²) in [6, 6.07) is 22.2. The zero-order valence-electron chi connectivity index (χ0n) is 26.8. The number of amides is 2. The molecule has 1 saturated carbocycles. The maximum atomic E-state index is 14.2. The molecule has 0 saturated heterocycles. The molecule has 0 bridgehead atoms. The number of benzene rings is 3. The molecule has 0 unspecified atom stereocenters. The molecule has 0 radical (unpaired) electrons. The van der Waals surface area contributed by atoms with E-state index in [-0.39, 0.29) is 43.8 Å². The first kappa shape index (κ1) is 33.3. The highest BCUT2D eigenvalue weighted by Crippen LogP contribution is 2.35. The smallest absolute Gasteiger partial charge is 0.243 e. The second kappa shape index (κ2) is 15.5. The molecule has 0 aromatic heterocycles. The largest absolute Gasteiger partial charge is 0.486 e. The summed E-state index contributed by atoms with van der Waals surface area (Å²) in [7, 11) is -3.65. The van der Waals surface area contributed by atoms with Gasteiger partial charge in [-0.15, -0.1) is 0 Å². The van der Waals surface area contributed by atoms with Gasteiger partial charge >= 0.3 is 0 Å². The lowest BCUT2D eigenvalue weighted by atomic mass is 9.94. The molecular weight excluding hydrogens is 602 g/mol. The standard InChI is InChI=1S/C36H45N3O6S/c1-27-11-9-14-29(23-27)26-38(32(24-28-12-5-3-6-13-28)36(41)37-30-15-7-4-8-16-30)35(40)17-10-20-39(46(2,42)43)31-18-19-33-34(25-31)45-22-21-44-33/h3,5-6,9,11-14,18-19,23,25,30,32H,4,7-8,10,15-17,20-22,24,26H2,1-2H3,(H,37,41)/t32-/m1/s1. The molecule has 2 amide bonds. The Hall–Kier alpha value is -4.05. The third-order valence-electron chi connectivity index (χ3n) is 8.62. The van der Waals surface area contributed by atoms with Gasteiger partial charge in [-0.1, -0.05) is 79.4 Å². The Labute approximate surface area is 272 Å². The molecule has 3 aromatic carbocycles. The fourth-order valence-corrected chi connectivity index (χ4v) is 7.25. The van der Waals surface area contributed by atoms with Gasteiger partial charge in [0.15, 0.2) is 11.5 Å². The van der Waals surface area contributed by atoms with E-state index in [9.17, 15) is 18.0 Å². The summed E-state index contributed by atoms with van der Waals surface area (Å²) in [6.07, 6.45) is 7.10. The lowest BCUT2D eigenvalue weighted by molar-refractivity contribution is -0.141. The van der Waals surface area contributed by atoms with Gasteiger partial charge in [0.1, 0.15) is 19.3 Å². The fraction of sp³-hybridized carbons (Fsp3) is 0.444. The normalized spacial score (nSPS) is 15.5. The first-order valence-electron chi connectivity index (χ1n) is 16.2. The van der Waals surface area contributed by atoms with Crippen molar-refractivity contribution in [2.75, 3.05) is 30.3 Å². The van der Waals surface area contributed by atoms with Gasteiger partial charge in [0.2, 0.25) is 21.8 Å². The third kappa shape index (κ3) is 9.02. The van der Waals surface area contributed by atoms with Crippen LogP contribution >= 0.6 is 0 Å². The molecule has 46 heavy (non-hydrogen) atoms. The molecule has 1 fully saturated rings. The van der Waals surface area contributed by atoms with E-state index in [0.29, 0.717) is 36.8 Å². The van der Waals surface area contributed by atoms with E-state index in [1.54, 1.807) is 23.1 Å². The summed E-state index contributed by atoms with van der Waals surface area (Å²) < 4.78 is 38.3. The van der Waals surface area contributed by atoms with E-state index in [2.05, 4.69) is 5.32 Å². The second-order valence-electron chi connectivity index (χ2n) is 12.3. The predicted molar refractivity (Wildman–Crippen MR) is 180 cm³/mol. The van der Waals surface area contributed by atoms with E-state index >= 15 is 0 Å². The molecule has 2 aliphatic rings. The average molecular weight is 648 g/mol. The number of carbonyl (C=O) groups excluding carboxylic acids is 2. The predicted octanol–water partition coefficient (Wildman–Crippen LogP) is 5.40. The average Bonchev–Trinajstić information content (AvgIpc) is 3.05. The van der Waals surface area contributed by atoms with Crippen molar-refractivity contribution in [2.45, 2.75) is 76.9 Å². The number of rotatable bonds is 13. The molecule has 9 nitrogen and oxygen atoms in total. The quantitative estimate of drug-likeness (QED) is 0.266. The Morgan fingerprint density at radius 1 is 0.891 bits per heavy atom. The van der Waals surface area contributed by atoms with Crippen LogP contribution in [-0.2, 0) is 32.6 Å². The van der Waals surface area contributed by atoms with E-state index < -0.39 is 16.1 Å². The van der Waals surface area contributed by atoms with E-state index in [1.807, 2.05) is 61.5 Å². The maximum Gasteiger partial charge on any atom is 0.243 e. The minimum absolute atomic E-state index is 0.0738. The van der Waals surface area contributed by atoms with Crippen LogP contribution in [0, 0.1) is 6.92 Å². The van der Waals surface area contributed by atoms with Gasteiger partial charge < -0.3 is 19.7 Å². The minimum Gasteiger partial charge on any atom is -0.486 e. The monoisotopic (exact) mass is 647 g/mol. The highest BCUT2D eigenvalue weighted by Gasteiger charge is 2.32. The van der Waals surface area contributed by atoms with Crippen LogP contribution < -0.4 is 19.1 Å². The van der Waals surface area contributed by atoms with Crippen LogP contribution in [-0.4, -0.2) is 63.2 Å². The summed E-state index contributed by atoms with van der Waals surface area (Å²) in [4.78, 5) is 29.9. The number of fused-ring (bicyclic) bond motifs is 1. The number of nitrogens with zero attached hydrogens (tertiary/aromatic N) is 2. The zero-order valence-corrected chi connectivity index (χ0v) is 27.6. The third-order valence-corrected chi connectivity index (χ3v) is 9.82. The summed E-state index contributed by atoms with van der Waals surface area (Å²) in [5.41, 5.74) is 3.42. The van der Waals surface area contributed by atoms with E-state index in [0.717, 1.165) is 48.6 Å². The summed E-state index contributed by atoms with van der Waals surface area (Å²) in [5, 5.41) is 3.27. The van der Waals surface area contributed by atoms with Crippen LogP contribution in [0.3, 0.4) is 0 Å². The Morgan fingerprint density at radius 3 is 2.33 bits per heavy atom. The molecule has 5 rings (SSSR count). The van der Waals surface area contributed by atoms with Crippen LogP contribution in [0.5, 0.6) is 11.5 Å². The van der Waals surface area contributed by atoms with E-state index in [4.69, 9.17) is 9.47 Å². The van der Waals surface area contributed by atoms with Crippen molar-refractivity contribution in [3.63, 3.8) is 0 Å². The van der Waals surface area contributed by atoms with Crippen molar-refractivity contribution >= 4 is 27.5 Å². The SMILES string of the molecule is Cc1cccc(CN(C(=O)CCCN(c2ccc3c(c2)OCCO3)S(C)(=O)=O)[C@H](Cc2ccccc2)C(=O)NC2CCCCC2)c1. The molecule has 1 aliphatic heterocycles. The van der Waals surface area contributed by atoms with Crippen LogP contribution in [0.4, 0.5) is 5.69 Å². The number of ether oxygens (including phenoxy) is 2. The van der Waals surface area contributed by atoms with Crippen molar-refractivity contribution in [3.8, 4) is 11.5 Å². The van der Waals surface area contributed by atoms with Crippen LogP contribution in [0.1, 0.15) is 61.6 Å². The summed E-state index contributed by atoms with van der Waals surface area (Å²) in [5.74, 6) is 0.717. The second-order valence-corrected chi connectivity index (χ2v) is 14.2. The number of nitrogens with one attached hydrogen (secondary N) is 1. The lowest BCUT2D eigenvalue weighted by Gasteiger charge is -2.34. The Balaban J connectivity index is 1.38. The number of hydrogen-bond acceptors (Lipinski definition) is 6. The Kier molecular flexibility index (Phi) is 11.2. The highest BCUT2D eigenvalue weighted by molar-refractivity contribution is 7.92. The fourth-order valence-electron chi connectivity index (χ4n) is 6.30. The van der Waals surface area contributed by atoms with Gasteiger partial charge in [-0.05, 0) is 49.4 Å². The maximum absolute atomic E-state index is 14.2. The Morgan fingerprint density at radius 2 is 1.61 bits per heavy atom. The molecular formula is C36H45N3O6S. The molecule has 10 heteroatoms. The lowest BCUT2D eigenvalue weighted by Crippen LogP contribution is -2.53.